The summed E-state index contributed by atoms with van der Waals surface area (Å²) in [6.07, 6.45) is 13.4. The number of nitrogens with one attached hydrogen (secondary N) is 2. The van der Waals surface area contributed by atoms with Gasteiger partial charge in [-0.15, -0.1) is 0 Å². The molecule has 0 atom stereocenters. The third-order valence-corrected chi connectivity index (χ3v) is 4.34. The number of carbonyl (C=O) groups is 1. The normalized spacial score (nSPS) is 13.8. The van der Waals surface area contributed by atoms with Gasteiger partial charge in [0.1, 0.15) is 5.82 Å². The van der Waals surface area contributed by atoms with Crippen molar-refractivity contribution >= 4 is 11.7 Å². The van der Waals surface area contributed by atoms with E-state index >= 15 is 0 Å². The van der Waals surface area contributed by atoms with E-state index in [0.717, 1.165) is 17.8 Å². The number of rotatable bonds is 7. The lowest BCUT2D eigenvalue weighted by Crippen LogP contribution is -2.25. The lowest BCUT2D eigenvalue weighted by Gasteiger charge is -2.13. The Balaban J connectivity index is 1.44. The van der Waals surface area contributed by atoms with Crippen molar-refractivity contribution < 1.29 is 4.79 Å². The molecule has 0 unspecified atom stereocenters. The van der Waals surface area contributed by atoms with Gasteiger partial charge >= 0.3 is 0 Å². The molecule has 2 aromatic rings. The van der Waals surface area contributed by atoms with Crippen molar-refractivity contribution in [3.05, 3.63) is 65.6 Å². The number of allylic oxidation sites excluding steroid dienone is 1. The minimum absolute atomic E-state index is 0.0669. The molecule has 1 aliphatic rings. The fourth-order valence-corrected chi connectivity index (χ4v) is 2.90. The standard InChI is InChI=1S/C20H24N4O/c25-20(22-12-10-16-5-2-1-3-6-16)18-8-9-19(24-15-18)23-14-17-7-4-11-21-13-17/h4-5,7-9,11,13,15H,1-3,6,10,12,14H2,(H,22,25)(H,23,24). The minimum Gasteiger partial charge on any atom is -0.366 e. The summed E-state index contributed by atoms with van der Waals surface area (Å²) < 4.78 is 0. The van der Waals surface area contributed by atoms with E-state index in [4.69, 9.17) is 0 Å². The molecule has 0 fully saturated rings. The third kappa shape index (κ3) is 5.41. The van der Waals surface area contributed by atoms with Crippen molar-refractivity contribution in [2.75, 3.05) is 11.9 Å². The Morgan fingerprint density at radius 1 is 1.16 bits per heavy atom. The summed E-state index contributed by atoms with van der Waals surface area (Å²) in [5.74, 6) is 0.676. The highest BCUT2D eigenvalue weighted by molar-refractivity contribution is 5.94. The minimum atomic E-state index is -0.0669. The van der Waals surface area contributed by atoms with Crippen molar-refractivity contribution in [1.82, 2.24) is 15.3 Å². The topological polar surface area (TPSA) is 66.9 Å². The smallest absolute Gasteiger partial charge is 0.252 e. The monoisotopic (exact) mass is 336 g/mol. The zero-order valence-corrected chi connectivity index (χ0v) is 14.4. The molecule has 5 heteroatoms. The van der Waals surface area contributed by atoms with Crippen LogP contribution in [-0.4, -0.2) is 22.4 Å². The predicted octanol–water partition coefficient (Wildman–Crippen LogP) is 3.71. The molecule has 5 nitrogen and oxygen atoms in total. The van der Waals surface area contributed by atoms with Crippen LogP contribution in [0.4, 0.5) is 5.82 Å². The number of hydrogen-bond acceptors (Lipinski definition) is 4. The van der Waals surface area contributed by atoms with Crippen molar-refractivity contribution in [1.29, 1.82) is 0 Å². The molecule has 0 spiro atoms. The number of carbonyl (C=O) groups excluding carboxylic acids is 1. The molecule has 25 heavy (non-hydrogen) atoms. The van der Waals surface area contributed by atoms with E-state index in [9.17, 15) is 4.79 Å². The largest absolute Gasteiger partial charge is 0.366 e. The Kier molecular flexibility index (Phi) is 6.15. The molecule has 130 valence electrons. The molecule has 2 heterocycles. The van der Waals surface area contributed by atoms with Gasteiger partial charge in [-0.3, -0.25) is 9.78 Å². The van der Waals surface area contributed by atoms with Gasteiger partial charge in [0.15, 0.2) is 0 Å². The van der Waals surface area contributed by atoms with Crippen LogP contribution in [0.2, 0.25) is 0 Å². The molecule has 0 radical (unpaired) electrons. The van der Waals surface area contributed by atoms with Gasteiger partial charge in [-0.2, -0.15) is 0 Å². The van der Waals surface area contributed by atoms with E-state index in [-0.39, 0.29) is 5.91 Å². The number of aromatic nitrogens is 2. The van der Waals surface area contributed by atoms with E-state index in [2.05, 4.69) is 26.7 Å². The molecule has 0 aromatic carbocycles. The predicted molar refractivity (Wildman–Crippen MR) is 99.3 cm³/mol. The van der Waals surface area contributed by atoms with Crippen molar-refractivity contribution in [3.63, 3.8) is 0 Å². The number of hydrogen-bond donors (Lipinski definition) is 2. The van der Waals surface area contributed by atoms with Crippen LogP contribution >= 0.6 is 0 Å². The zero-order chi connectivity index (χ0) is 17.3. The second-order valence-electron chi connectivity index (χ2n) is 6.26. The number of pyridine rings is 2. The Morgan fingerprint density at radius 3 is 2.84 bits per heavy atom. The molecular weight excluding hydrogens is 312 g/mol. The van der Waals surface area contributed by atoms with Crippen LogP contribution < -0.4 is 10.6 Å². The second kappa shape index (κ2) is 8.97. The van der Waals surface area contributed by atoms with Gasteiger partial charge in [-0.1, -0.05) is 17.7 Å². The maximum absolute atomic E-state index is 12.2. The van der Waals surface area contributed by atoms with Crippen LogP contribution in [0.25, 0.3) is 0 Å². The molecule has 1 amide bonds. The molecule has 2 N–H and O–H groups in total. The first kappa shape index (κ1) is 17.1. The van der Waals surface area contributed by atoms with Gasteiger partial charge < -0.3 is 10.6 Å². The maximum atomic E-state index is 12.2. The SMILES string of the molecule is O=C(NCCC1=CCCCC1)c1ccc(NCc2cccnc2)nc1. The lowest BCUT2D eigenvalue weighted by atomic mass is 9.97. The summed E-state index contributed by atoms with van der Waals surface area (Å²) in [4.78, 5) is 20.6. The van der Waals surface area contributed by atoms with Crippen LogP contribution in [0.1, 0.15) is 48.0 Å². The summed E-state index contributed by atoms with van der Waals surface area (Å²) >= 11 is 0. The average Bonchev–Trinajstić information content (AvgIpc) is 2.68. The van der Waals surface area contributed by atoms with Crippen LogP contribution in [0.3, 0.4) is 0 Å². The van der Waals surface area contributed by atoms with E-state index in [0.29, 0.717) is 18.7 Å². The quantitative estimate of drug-likeness (QED) is 0.757. The maximum Gasteiger partial charge on any atom is 0.252 e. The summed E-state index contributed by atoms with van der Waals surface area (Å²) in [6.45, 7) is 1.34. The first-order chi connectivity index (χ1) is 12.3. The van der Waals surface area contributed by atoms with Crippen molar-refractivity contribution in [2.24, 2.45) is 0 Å². The molecule has 0 aliphatic heterocycles. The summed E-state index contributed by atoms with van der Waals surface area (Å²) in [5, 5.41) is 6.20. The van der Waals surface area contributed by atoms with Crippen LogP contribution in [0.5, 0.6) is 0 Å². The highest BCUT2D eigenvalue weighted by atomic mass is 16.1. The zero-order valence-electron chi connectivity index (χ0n) is 14.4. The molecule has 0 bridgehead atoms. The first-order valence-electron chi connectivity index (χ1n) is 8.86. The van der Waals surface area contributed by atoms with E-state index in [1.807, 2.05) is 24.4 Å². The Bertz CT molecular complexity index is 710. The van der Waals surface area contributed by atoms with Gasteiger partial charge in [0.2, 0.25) is 0 Å². The van der Waals surface area contributed by atoms with Gasteiger partial charge in [-0.05, 0) is 55.9 Å². The fourth-order valence-electron chi connectivity index (χ4n) is 2.90. The summed E-state index contributed by atoms with van der Waals surface area (Å²) in [7, 11) is 0. The Hall–Kier alpha value is -2.69. The summed E-state index contributed by atoms with van der Waals surface area (Å²) in [5.41, 5.74) is 3.15. The molecular formula is C20H24N4O. The number of amides is 1. The Morgan fingerprint density at radius 2 is 2.12 bits per heavy atom. The molecule has 1 aliphatic carbocycles. The third-order valence-electron chi connectivity index (χ3n) is 4.34. The van der Waals surface area contributed by atoms with Gasteiger partial charge in [0, 0.05) is 31.7 Å². The van der Waals surface area contributed by atoms with Gasteiger partial charge in [-0.25, -0.2) is 4.98 Å². The van der Waals surface area contributed by atoms with Gasteiger partial charge in [0.05, 0.1) is 5.56 Å². The molecule has 2 aromatic heterocycles. The van der Waals surface area contributed by atoms with E-state index in [1.54, 1.807) is 18.5 Å². The van der Waals surface area contributed by atoms with Crippen LogP contribution in [0.15, 0.2) is 54.5 Å². The second-order valence-corrected chi connectivity index (χ2v) is 6.26. The van der Waals surface area contributed by atoms with Crippen LogP contribution in [0, 0.1) is 0 Å². The summed E-state index contributed by atoms with van der Waals surface area (Å²) in [6, 6.07) is 7.54. The van der Waals surface area contributed by atoms with Crippen molar-refractivity contribution in [3.8, 4) is 0 Å². The highest BCUT2D eigenvalue weighted by Crippen LogP contribution is 2.19. The fraction of sp³-hybridized carbons (Fsp3) is 0.350. The van der Waals surface area contributed by atoms with E-state index < -0.39 is 0 Å². The lowest BCUT2D eigenvalue weighted by molar-refractivity contribution is 0.0953. The Labute approximate surface area is 148 Å². The molecule has 3 rings (SSSR count). The molecule has 0 saturated heterocycles. The number of nitrogens with zero attached hydrogens (tertiary/aromatic N) is 2. The van der Waals surface area contributed by atoms with Crippen LogP contribution in [-0.2, 0) is 6.54 Å². The molecule has 0 saturated carbocycles. The average molecular weight is 336 g/mol. The van der Waals surface area contributed by atoms with E-state index in [1.165, 1.54) is 31.3 Å². The highest BCUT2D eigenvalue weighted by Gasteiger charge is 2.07. The van der Waals surface area contributed by atoms with Gasteiger partial charge in [0.25, 0.3) is 5.91 Å². The van der Waals surface area contributed by atoms with Crippen molar-refractivity contribution in [2.45, 2.75) is 38.6 Å². The number of anilines is 1. The first-order valence-corrected chi connectivity index (χ1v) is 8.86.